The van der Waals surface area contributed by atoms with E-state index in [4.69, 9.17) is 10.5 Å². The molecule has 1 aromatic carbocycles. The van der Waals surface area contributed by atoms with E-state index in [0.29, 0.717) is 17.4 Å². The molecule has 0 spiro atoms. The fraction of sp³-hybridized carbons (Fsp3) is 0.462. The lowest BCUT2D eigenvalue weighted by molar-refractivity contribution is 0.415. The molecule has 17 heavy (non-hydrogen) atoms. The summed E-state index contributed by atoms with van der Waals surface area (Å²) in [5.74, 6) is 1.27. The molecule has 1 unspecified atom stereocenters. The number of nitrogens with one attached hydrogen (secondary N) is 1. The molecule has 2 rings (SSSR count). The van der Waals surface area contributed by atoms with E-state index in [2.05, 4.69) is 24.2 Å². The third-order valence-electron chi connectivity index (χ3n) is 3.10. The van der Waals surface area contributed by atoms with Gasteiger partial charge in [-0.05, 0) is 24.0 Å². The number of ether oxygens (including phenoxy) is 1. The quantitative estimate of drug-likeness (QED) is 0.621. The minimum Gasteiger partial charge on any atom is -0.497 e. The number of hydrogen-bond acceptors (Lipinski definition) is 2. The molecule has 4 nitrogen and oxygen atoms in total. The Morgan fingerprint density at radius 2 is 2.24 bits per heavy atom. The Kier molecular flexibility index (Phi) is 2.96. The number of guanidine groups is 1. The molecule has 0 aromatic heterocycles. The first-order valence-electron chi connectivity index (χ1n) is 5.75. The summed E-state index contributed by atoms with van der Waals surface area (Å²) in [7, 11) is 1.64. The highest BCUT2D eigenvalue weighted by atomic mass is 16.5. The van der Waals surface area contributed by atoms with Crippen LogP contribution in [0.15, 0.2) is 29.3 Å². The van der Waals surface area contributed by atoms with Crippen LogP contribution in [-0.2, 0) is 0 Å². The minimum absolute atomic E-state index is 0.306. The lowest BCUT2D eigenvalue weighted by atomic mass is 10.2. The Morgan fingerprint density at radius 1 is 1.53 bits per heavy atom. The van der Waals surface area contributed by atoms with Gasteiger partial charge in [0.05, 0.1) is 13.2 Å². The normalized spacial score (nSPS) is 22.1. The Bertz CT molecular complexity index is 440. The fourth-order valence-electron chi connectivity index (χ4n) is 1.71. The molecule has 92 valence electrons. The predicted octanol–water partition coefficient (Wildman–Crippen LogP) is 2.22. The molecule has 1 fully saturated rings. The molecule has 0 aliphatic heterocycles. The molecule has 0 radical (unpaired) electrons. The zero-order chi connectivity index (χ0) is 12.5. The van der Waals surface area contributed by atoms with Crippen molar-refractivity contribution in [3.63, 3.8) is 0 Å². The molecule has 1 saturated carbocycles. The maximum absolute atomic E-state index is 5.86. The number of benzene rings is 1. The van der Waals surface area contributed by atoms with Gasteiger partial charge < -0.3 is 15.8 Å². The number of aliphatic imine (C=N–C) groups is 1. The zero-order valence-electron chi connectivity index (χ0n) is 10.5. The van der Waals surface area contributed by atoms with Gasteiger partial charge in [0.25, 0.3) is 0 Å². The van der Waals surface area contributed by atoms with Gasteiger partial charge in [-0.15, -0.1) is 0 Å². The summed E-state index contributed by atoms with van der Waals surface area (Å²) in [5.41, 5.74) is 7.06. The van der Waals surface area contributed by atoms with Crippen molar-refractivity contribution in [2.24, 2.45) is 16.1 Å². The number of rotatable bonds is 3. The van der Waals surface area contributed by atoms with Crippen LogP contribution in [0.25, 0.3) is 0 Å². The highest BCUT2D eigenvalue weighted by Crippen LogP contribution is 2.47. The Morgan fingerprint density at radius 3 is 2.82 bits per heavy atom. The Balaban J connectivity index is 2.00. The molecular weight excluding hydrogens is 214 g/mol. The first-order valence-corrected chi connectivity index (χ1v) is 5.75. The van der Waals surface area contributed by atoms with Crippen LogP contribution >= 0.6 is 0 Å². The summed E-state index contributed by atoms with van der Waals surface area (Å²) < 4.78 is 5.14. The monoisotopic (exact) mass is 233 g/mol. The predicted molar refractivity (Wildman–Crippen MR) is 70.4 cm³/mol. The summed E-state index contributed by atoms with van der Waals surface area (Å²) in [6.07, 6.45) is 1.10. The van der Waals surface area contributed by atoms with E-state index in [0.717, 1.165) is 17.9 Å². The summed E-state index contributed by atoms with van der Waals surface area (Å²) in [6, 6.07) is 7.97. The van der Waals surface area contributed by atoms with Gasteiger partial charge >= 0.3 is 0 Å². The number of hydrogen-bond donors (Lipinski definition) is 2. The van der Waals surface area contributed by atoms with Gasteiger partial charge in [-0.1, -0.05) is 19.9 Å². The molecule has 1 aromatic rings. The molecule has 0 amide bonds. The van der Waals surface area contributed by atoms with E-state index in [1.807, 2.05) is 24.3 Å². The molecule has 4 heteroatoms. The fourth-order valence-corrected chi connectivity index (χ4v) is 1.71. The SMILES string of the molecule is COc1cccc(NC(N)=NC2CC2(C)C)c1. The van der Waals surface area contributed by atoms with Crippen LogP contribution in [0.5, 0.6) is 5.75 Å². The number of anilines is 1. The largest absolute Gasteiger partial charge is 0.497 e. The molecule has 1 atom stereocenters. The molecule has 0 bridgehead atoms. The smallest absolute Gasteiger partial charge is 0.193 e. The summed E-state index contributed by atoms with van der Waals surface area (Å²) in [6.45, 7) is 4.39. The van der Waals surface area contributed by atoms with E-state index < -0.39 is 0 Å². The average Bonchev–Trinajstić information content (AvgIpc) is 2.85. The Hall–Kier alpha value is -1.71. The van der Waals surface area contributed by atoms with Crippen LogP contribution in [0.2, 0.25) is 0 Å². The van der Waals surface area contributed by atoms with Crippen molar-refractivity contribution in [3.8, 4) is 5.75 Å². The topological polar surface area (TPSA) is 59.6 Å². The van der Waals surface area contributed by atoms with Gasteiger partial charge in [0, 0.05) is 11.8 Å². The van der Waals surface area contributed by atoms with Crippen molar-refractivity contribution in [2.45, 2.75) is 26.3 Å². The third kappa shape index (κ3) is 2.90. The van der Waals surface area contributed by atoms with Crippen LogP contribution in [0.4, 0.5) is 5.69 Å². The summed E-state index contributed by atoms with van der Waals surface area (Å²) in [5, 5.41) is 3.07. The van der Waals surface area contributed by atoms with E-state index in [1.165, 1.54) is 0 Å². The van der Waals surface area contributed by atoms with Crippen LogP contribution in [0, 0.1) is 5.41 Å². The van der Waals surface area contributed by atoms with Crippen LogP contribution in [-0.4, -0.2) is 19.1 Å². The average molecular weight is 233 g/mol. The maximum atomic E-state index is 5.86. The van der Waals surface area contributed by atoms with E-state index >= 15 is 0 Å². The second-order valence-electron chi connectivity index (χ2n) is 5.08. The van der Waals surface area contributed by atoms with Crippen molar-refractivity contribution in [2.75, 3.05) is 12.4 Å². The lowest BCUT2D eigenvalue weighted by Crippen LogP contribution is -2.23. The van der Waals surface area contributed by atoms with Gasteiger partial charge in [-0.3, -0.25) is 0 Å². The Labute approximate surface area is 102 Å². The minimum atomic E-state index is 0.306. The van der Waals surface area contributed by atoms with Crippen molar-refractivity contribution in [3.05, 3.63) is 24.3 Å². The maximum Gasteiger partial charge on any atom is 0.193 e. The third-order valence-corrected chi connectivity index (χ3v) is 3.10. The number of nitrogens with two attached hydrogens (primary N) is 1. The molecule has 3 N–H and O–H groups in total. The summed E-state index contributed by atoms with van der Waals surface area (Å²) >= 11 is 0. The summed E-state index contributed by atoms with van der Waals surface area (Å²) in [4.78, 5) is 4.43. The number of nitrogens with zero attached hydrogens (tertiary/aromatic N) is 1. The van der Waals surface area contributed by atoms with Crippen molar-refractivity contribution < 1.29 is 4.74 Å². The molecule has 1 aliphatic rings. The molecule has 1 aliphatic carbocycles. The van der Waals surface area contributed by atoms with E-state index in [1.54, 1.807) is 7.11 Å². The van der Waals surface area contributed by atoms with Crippen LogP contribution in [0.3, 0.4) is 0 Å². The van der Waals surface area contributed by atoms with Gasteiger partial charge in [0.15, 0.2) is 5.96 Å². The van der Waals surface area contributed by atoms with E-state index in [9.17, 15) is 0 Å². The molecule has 0 heterocycles. The van der Waals surface area contributed by atoms with Crippen molar-refractivity contribution >= 4 is 11.6 Å². The standard InChI is InChI=1S/C13H19N3O/c1-13(2)8-11(13)16-12(14)15-9-5-4-6-10(7-9)17-3/h4-7,11H,8H2,1-3H3,(H3,14,15,16). The highest BCUT2D eigenvalue weighted by molar-refractivity contribution is 5.92. The van der Waals surface area contributed by atoms with Crippen molar-refractivity contribution in [1.29, 1.82) is 0 Å². The number of methoxy groups -OCH3 is 1. The van der Waals surface area contributed by atoms with E-state index in [-0.39, 0.29) is 0 Å². The first kappa shape index (κ1) is 11.8. The second kappa shape index (κ2) is 4.28. The van der Waals surface area contributed by atoms with Crippen LogP contribution < -0.4 is 15.8 Å². The molecular formula is C13H19N3O. The van der Waals surface area contributed by atoms with Crippen molar-refractivity contribution in [1.82, 2.24) is 0 Å². The highest BCUT2D eigenvalue weighted by Gasteiger charge is 2.45. The van der Waals surface area contributed by atoms with Gasteiger partial charge in [-0.2, -0.15) is 0 Å². The molecule has 0 saturated heterocycles. The van der Waals surface area contributed by atoms with Gasteiger partial charge in [0.2, 0.25) is 0 Å². The zero-order valence-corrected chi connectivity index (χ0v) is 10.5. The second-order valence-corrected chi connectivity index (χ2v) is 5.08. The van der Waals surface area contributed by atoms with Gasteiger partial charge in [0.1, 0.15) is 5.75 Å². The van der Waals surface area contributed by atoms with Crippen LogP contribution in [0.1, 0.15) is 20.3 Å². The first-order chi connectivity index (χ1) is 8.01. The van der Waals surface area contributed by atoms with Gasteiger partial charge in [-0.25, -0.2) is 4.99 Å². The lowest BCUT2D eigenvalue weighted by Gasteiger charge is -2.07.